The number of nitrogens with zero attached hydrogens (tertiary/aromatic N) is 1. The van der Waals surface area contributed by atoms with Crippen LogP contribution >= 0.6 is 15.9 Å². The van der Waals surface area contributed by atoms with Crippen molar-refractivity contribution in [2.75, 3.05) is 19.7 Å². The van der Waals surface area contributed by atoms with Gasteiger partial charge in [-0.1, -0.05) is 15.9 Å². The summed E-state index contributed by atoms with van der Waals surface area (Å²) in [4.78, 5) is 25.7. The third-order valence-corrected chi connectivity index (χ3v) is 7.35. The Hall–Kier alpha value is -0.580. The molecule has 5 heteroatoms. The molecule has 1 saturated heterocycles. The van der Waals surface area contributed by atoms with Crippen LogP contribution in [0.2, 0.25) is 0 Å². The van der Waals surface area contributed by atoms with E-state index in [2.05, 4.69) is 15.9 Å². The summed E-state index contributed by atoms with van der Waals surface area (Å²) >= 11 is 3.99. The van der Waals surface area contributed by atoms with Crippen molar-refractivity contribution < 1.29 is 14.3 Å². The van der Waals surface area contributed by atoms with E-state index in [0.29, 0.717) is 30.3 Å². The monoisotopic (exact) mass is 383 g/mol. The molecule has 0 aromatic carbocycles. The molecule has 128 valence electrons. The van der Waals surface area contributed by atoms with Crippen molar-refractivity contribution in [1.82, 2.24) is 4.90 Å². The lowest BCUT2D eigenvalue weighted by Gasteiger charge is -2.60. The highest BCUT2D eigenvalue weighted by Crippen LogP contribution is 2.65. The second-order valence-corrected chi connectivity index (χ2v) is 10.2. The number of halogens is 1. The molecule has 4 bridgehead atoms. The van der Waals surface area contributed by atoms with Crippen molar-refractivity contribution in [2.24, 2.45) is 17.3 Å². The molecule has 23 heavy (non-hydrogen) atoms. The third kappa shape index (κ3) is 3.18. The first-order chi connectivity index (χ1) is 11.0. The predicted octanol–water partition coefficient (Wildman–Crippen LogP) is 3.28. The summed E-state index contributed by atoms with van der Waals surface area (Å²) in [7, 11) is 0. The Bertz CT molecular complexity index is 506. The van der Waals surface area contributed by atoms with Crippen LogP contribution in [0.15, 0.2) is 0 Å². The summed E-state index contributed by atoms with van der Waals surface area (Å²) in [6, 6.07) is 0. The number of carbonyl (C=O) groups excluding carboxylic acids is 2. The smallest absolute Gasteiger partial charge is 0.306 e. The first-order valence-corrected chi connectivity index (χ1v) is 9.87. The molecule has 4 saturated carbocycles. The summed E-state index contributed by atoms with van der Waals surface area (Å²) in [6.45, 7) is 1.73. The Balaban J connectivity index is 1.29. The highest BCUT2D eigenvalue weighted by atomic mass is 79.9. The van der Waals surface area contributed by atoms with Gasteiger partial charge in [-0.25, -0.2) is 0 Å². The first kappa shape index (κ1) is 15.9. The highest BCUT2D eigenvalue weighted by molar-refractivity contribution is 9.10. The maximum Gasteiger partial charge on any atom is 0.306 e. The van der Waals surface area contributed by atoms with Gasteiger partial charge in [0.1, 0.15) is 6.61 Å². The minimum Gasteiger partial charge on any atom is -0.464 e. The largest absolute Gasteiger partial charge is 0.464 e. The van der Waals surface area contributed by atoms with Crippen molar-refractivity contribution in [2.45, 2.75) is 62.1 Å². The number of hydrogen-bond donors (Lipinski definition) is 0. The van der Waals surface area contributed by atoms with Crippen molar-refractivity contribution in [3.8, 4) is 0 Å². The Morgan fingerprint density at radius 3 is 2.61 bits per heavy atom. The van der Waals surface area contributed by atoms with Crippen LogP contribution in [0.5, 0.6) is 0 Å². The molecular formula is C18H26BrNO3. The second-order valence-electron chi connectivity index (χ2n) is 8.49. The van der Waals surface area contributed by atoms with E-state index < -0.39 is 0 Å². The highest BCUT2D eigenvalue weighted by Gasteiger charge is 2.57. The Morgan fingerprint density at radius 2 is 2.00 bits per heavy atom. The van der Waals surface area contributed by atoms with Crippen LogP contribution in [0.1, 0.15) is 57.8 Å². The molecule has 0 spiro atoms. The van der Waals surface area contributed by atoms with Gasteiger partial charge in [-0.2, -0.15) is 0 Å². The molecule has 1 aliphatic heterocycles. The number of hydrogen-bond acceptors (Lipinski definition) is 3. The molecule has 4 nitrogen and oxygen atoms in total. The van der Waals surface area contributed by atoms with Gasteiger partial charge in [-0.3, -0.25) is 9.59 Å². The Kier molecular flexibility index (Phi) is 3.98. The zero-order valence-electron chi connectivity index (χ0n) is 13.7. The molecule has 1 amide bonds. The predicted molar refractivity (Wildman–Crippen MR) is 90.2 cm³/mol. The van der Waals surface area contributed by atoms with Gasteiger partial charge < -0.3 is 9.64 Å². The van der Waals surface area contributed by atoms with Gasteiger partial charge in [-0.15, -0.1) is 0 Å². The van der Waals surface area contributed by atoms with Crippen LogP contribution in [0.25, 0.3) is 0 Å². The maximum absolute atomic E-state index is 12.3. The average molecular weight is 384 g/mol. The molecule has 1 heterocycles. The van der Waals surface area contributed by atoms with E-state index in [4.69, 9.17) is 4.74 Å². The number of amides is 1. The van der Waals surface area contributed by atoms with Crippen LogP contribution in [0.4, 0.5) is 0 Å². The minimum atomic E-state index is -0.0605. The van der Waals surface area contributed by atoms with Crippen LogP contribution < -0.4 is 0 Å². The van der Waals surface area contributed by atoms with E-state index in [0.717, 1.165) is 31.2 Å². The van der Waals surface area contributed by atoms with Gasteiger partial charge in [0.25, 0.3) is 0 Å². The summed E-state index contributed by atoms with van der Waals surface area (Å²) in [5, 5.41) is 0. The van der Waals surface area contributed by atoms with E-state index >= 15 is 0 Å². The van der Waals surface area contributed by atoms with Gasteiger partial charge in [0.2, 0.25) is 5.91 Å². The molecule has 0 aromatic heterocycles. The fourth-order valence-electron chi connectivity index (χ4n) is 6.11. The molecule has 0 radical (unpaired) electrons. The lowest BCUT2D eigenvalue weighted by Crippen LogP contribution is -2.53. The number of esters is 1. The number of alkyl halides is 1. The topological polar surface area (TPSA) is 46.6 Å². The molecule has 0 N–H and O–H groups in total. The van der Waals surface area contributed by atoms with Crippen molar-refractivity contribution in [3.05, 3.63) is 0 Å². The van der Waals surface area contributed by atoms with Crippen molar-refractivity contribution in [3.63, 3.8) is 0 Å². The van der Waals surface area contributed by atoms with E-state index in [1.807, 2.05) is 4.90 Å². The lowest BCUT2D eigenvalue weighted by molar-refractivity contribution is -0.152. The Morgan fingerprint density at radius 1 is 1.26 bits per heavy atom. The van der Waals surface area contributed by atoms with Gasteiger partial charge in [-0.05, 0) is 62.2 Å². The molecule has 4 aliphatic carbocycles. The van der Waals surface area contributed by atoms with Crippen LogP contribution in [0.3, 0.4) is 0 Å². The van der Waals surface area contributed by atoms with Crippen LogP contribution in [0, 0.1) is 17.3 Å². The normalized spacial score (nSPS) is 41.6. The van der Waals surface area contributed by atoms with E-state index in [9.17, 15) is 9.59 Å². The lowest BCUT2D eigenvalue weighted by atomic mass is 9.49. The molecule has 5 aliphatic rings. The third-order valence-electron chi connectivity index (χ3n) is 6.43. The second kappa shape index (κ2) is 5.75. The number of carbonyl (C=O) groups is 2. The quantitative estimate of drug-likeness (QED) is 0.540. The zero-order chi connectivity index (χ0) is 16.1. The van der Waals surface area contributed by atoms with Gasteiger partial charge >= 0.3 is 5.97 Å². The molecule has 5 fully saturated rings. The average Bonchev–Trinajstić information content (AvgIpc) is 2.80. The number of likely N-dealkylation sites (tertiary alicyclic amines) is 1. The standard InChI is InChI=1S/C18H26BrNO3/c19-18-9-13-6-14(10-18)8-17(7-13,12-18)11-16(22)23-5-4-20-3-1-2-15(20)21/h13-14H,1-12H2/t13-,14+,17?,18?. The summed E-state index contributed by atoms with van der Waals surface area (Å²) in [6.07, 6.45) is 9.64. The first-order valence-electron chi connectivity index (χ1n) is 9.08. The summed E-state index contributed by atoms with van der Waals surface area (Å²) in [5.41, 5.74) is 0.175. The van der Waals surface area contributed by atoms with Crippen molar-refractivity contribution >= 4 is 27.8 Å². The van der Waals surface area contributed by atoms with E-state index in [1.54, 1.807) is 0 Å². The van der Waals surface area contributed by atoms with Gasteiger partial charge in [0.15, 0.2) is 0 Å². The summed E-state index contributed by atoms with van der Waals surface area (Å²) in [5.74, 6) is 1.73. The van der Waals surface area contributed by atoms with Gasteiger partial charge in [0, 0.05) is 17.3 Å². The Labute approximate surface area is 146 Å². The molecule has 0 aromatic rings. The van der Waals surface area contributed by atoms with Gasteiger partial charge in [0.05, 0.1) is 13.0 Å². The summed E-state index contributed by atoms with van der Waals surface area (Å²) < 4.78 is 5.77. The maximum atomic E-state index is 12.3. The van der Waals surface area contributed by atoms with Crippen LogP contribution in [-0.2, 0) is 14.3 Å². The van der Waals surface area contributed by atoms with E-state index in [1.165, 1.54) is 32.1 Å². The zero-order valence-corrected chi connectivity index (χ0v) is 15.3. The molecular weight excluding hydrogens is 358 g/mol. The number of ether oxygens (including phenoxy) is 1. The molecule has 5 rings (SSSR count). The SMILES string of the molecule is O=C(CC12C[C@@H]3C[C@@H](CC(Br)(C3)C1)C2)OCCN1CCCC1=O. The molecule has 4 atom stereocenters. The van der Waals surface area contributed by atoms with E-state index in [-0.39, 0.29) is 17.3 Å². The minimum absolute atomic E-state index is 0.0605. The number of rotatable bonds is 5. The van der Waals surface area contributed by atoms with Crippen molar-refractivity contribution in [1.29, 1.82) is 0 Å². The molecule has 2 unspecified atom stereocenters. The fraction of sp³-hybridized carbons (Fsp3) is 0.889. The van der Waals surface area contributed by atoms with Crippen LogP contribution in [-0.4, -0.2) is 40.8 Å². The fourth-order valence-corrected chi connectivity index (χ4v) is 7.62.